The summed E-state index contributed by atoms with van der Waals surface area (Å²) < 4.78 is 1.84. The quantitative estimate of drug-likeness (QED) is 0.855. The zero-order valence-electron chi connectivity index (χ0n) is 12.6. The van der Waals surface area contributed by atoms with E-state index in [-0.39, 0.29) is 11.3 Å². The Bertz CT molecular complexity index is 577. The molecule has 0 radical (unpaired) electrons. The zero-order valence-corrected chi connectivity index (χ0v) is 13.4. The number of benzene rings is 1. The first-order valence-corrected chi connectivity index (χ1v) is 7.87. The van der Waals surface area contributed by atoms with Crippen LogP contribution < -0.4 is 5.73 Å². The van der Waals surface area contributed by atoms with Crippen LogP contribution in [0, 0.1) is 13.8 Å². The van der Waals surface area contributed by atoms with Crippen LogP contribution in [0.4, 0.5) is 0 Å². The van der Waals surface area contributed by atoms with Crippen LogP contribution in [0.3, 0.4) is 0 Å². The Labute approximate surface area is 125 Å². The smallest absolute Gasteiger partial charge is 0.0533 e. The van der Waals surface area contributed by atoms with Crippen LogP contribution in [0.15, 0.2) is 35.5 Å². The average Bonchev–Trinajstić information content (AvgIpc) is 2.83. The number of thioether (sulfide) groups is 1. The van der Waals surface area contributed by atoms with Gasteiger partial charge in [-0.2, -0.15) is 5.10 Å². The highest BCUT2D eigenvalue weighted by Crippen LogP contribution is 2.39. The van der Waals surface area contributed by atoms with Crippen molar-refractivity contribution >= 4 is 11.8 Å². The molecule has 0 spiro atoms. The van der Waals surface area contributed by atoms with Gasteiger partial charge in [0.15, 0.2) is 0 Å². The van der Waals surface area contributed by atoms with Crippen LogP contribution in [-0.2, 0) is 7.05 Å². The van der Waals surface area contributed by atoms with E-state index in [2.05, 4.69) is 50.3 Å². The minimum Gasteiger partial charge on any atom is -0.326 e. The molecule has 20 heavy (non-hydrogen) atoms. The van der Waals surface area contributed by atoms with Crippen LogP contribution in [0.1, 0.15) is 35.3 Å². The van der Waals surface area contributed by atoms with Gasteiger partial charge in [0.1, 0.15) is 0 Å². The number of nitrogens with zero attached hydrogens (tertiary/aromatic N) is 2. The normalized spacial score (nSPS) is 14.2. The van der Waals surface area contributed by atoms with Gasteiger partial charge in [-0.3, -0.25) is 4.68 Å². The highest BCUT2D eigenvalue weighted by molar-refractivity contribution is 7.99. The first-order chi connectivity index (χ1) is 9.51. The molecule has 4 heteroatoms. The summed E-state index contributed by atoms with van der Waals surface area (Å²) in [5.41, 5.74) is 10.1. The molecule has 2 rings (SSSR count). The maximum atomic E-state index is 6.33. The predicted molar refractivity (Wildman–Crippen MR) is 86.0 cm³/mol. The van der Waals surface area contributed by atoms with Gasteiger partial charge in [-0.05, 0) is 31.9 Å². The molecule has 2 unspecified atom stereocenters. The lowest BCUT2D eigenvalue weighted by molar-refractivity contribution is 0.633. The van der Waals surface area contributed by atoms with Crippen LogP contribution in [0.2, 0.25) is 0 Å². The summed E-state index contributed by atoms with van der Waals surface area (Å²) >= 11 is 1.84. The molecule has 1 aromatic carbocycles. The monoisotopic (exact) mass is 289 g/mol. The van der Waals surface area contributed by atoms with Gasteiger partial charge in [0.25, 0.3) is 0 Å². The number of rotatable bonds is 5. The van der Waals surface area contributed by atoms with E-state index in [1.54, 1.807) is 0 Å². The lowest BCUT2D eigenvalue weighted by atomic mass is 10.1. The molecule has 108 valence electrons. The molecule has 0 amide bonds. The average molecular weight is 289 g/mol. The van der Waals surface area contributed by atoms with Gasteiger partial charge in [0.2, 0.25) is 0 Å². The summed E-state index contributed by atoms with van der Waals surface area (Å²) in [6.45, 7) is 6.42. The third-order valence-corrected chi connectivity index (χ3v) is 5.09. The van der Waals surface area contributed by atoms with Crippen molar-refractivity contribution in [3.63, 3.8) is 0 Å². The van der Waals surface area contributed by atoms with E-state index in [4.69, 9.17) is 5.73 Å². The van der Waals surface area contributed by atoms with Crippen molar-refractivity contribution in [3.05, 3.63) is 47.3 Å². The Morgan fingerprint density at radius 2 is 2.10 bits per heavy atom. The fourth-order valence-electron chi connectivity index (χ4n) is 2.27. The summed E-state index contributed by atoms with van der Waals surface area (Å²) in [4.78, 5) is 1.30. The molecule has 2 N–H and O–H groups in total. The zero-order chi connectivity index (χ0) is 14.7. The van der Waals surface area contributed by atoms with Gasteiger partial charge >= 0.3 is 0 Å². The van der Waals surface area contributed by atoms with Crippen molar-refractivity contribution in [2.45, 2.75) is 43.4 Å². The largest absolute Gasteiger partial charge is 0.326 e. The van der Waals surface area contributed by atoms with E-state index in [1.807, 2.05) is 29.7 Å². The van der Waals surface area contributed by atoms with E-state index in [0.717, 1.165) is 6.42 Å². The second-order valence-electron chi connectivity index (χ2n) is 5.33. The Kier molecular flexibility index (Phi) is 4.89. The molecule has 1 aromatic heterocycles. The highest BCUT2D eigenvalue weighted by atomic mass is 32.2. The van der Waals surface area contributed by atoms with Crippen LogP contribution in [0.25, 0.3) is 0 Å². The second-order valence-corrected chi connectivity index (χ2v) is 6.51. The molecule has 0 aliphatic rings. The van der Waals surface area contributed by atoms with E-state index >= 15 is 0 Å². The number of nitrogens with two attached hydrogens (primary N) is 1. The molecular formula is C16H23N3S. The standard InChI is InChI=1S/C16H23N3S/c1-5-14(17)16(13-9-18-19(4)10-13)20-15-7-6-11(2)8-12(15)3/h6-10,14,16H,5,17H2,1-4H3. The lowest BCUT2D eigenvalue weighted by Gasteiger charge is -2.22. The summed E-state index contributed by atoms with van der Waals surface area (Å²) in [7, 11) is 1.94. The molecule has 0 bridgehead atoms. The van der Waals surface area contributed by atoms with Crippen molar-refractivity contribution in [3.8, 4) is 0 Å². The fourth-order valence-corrected chi connectivity index (χ4v) is 3.56. The summed E-state index contributed by atoms with van der Waals surface area (Å²) in [5.74, 6) is 0. The number of aryl methyl sites for hydroxylation is 3. The summed E-state index contributed by atoms with van der Waals surface area (Å²) in [5, 5.41) is 4.53. The summed E-state index contributed by atoms with van der Waals surface area (Å²) in [6, 6.07) is 6.71. The van der Waals surface area contributed by atoms with Gasteiger partial charge in [-0.15, -0.1) is 11.8 Å². The minimum atomic E-state index is 0.130. The first-order valence-electron chi connectivity index (χ1n) is 6.99. The van der Waals surface area contributed by atoms with Crippen LogP contribution in [0.5, 0.6) is 0 Å². The Balaban J connectivity index is 2.28. The molecule has 2 aromatic rings. The maximum absolute atomic E-state index is 6.33. The molecule has 2 atom stereocenters. The van der Waals surface area contributed by atoms with Crippen molar-refractivity contribution < 1.29 is 0 Å². The van der Waals surface area contributed by atoms with Gasteiger partial charge in [0, 0.05) is 29.7 Å². The Morgan fingerprint density at radius 1 is 1.35 bits per heavy atom. The number of aromatic nitrogens is 2. The van der Waals surface area contributed by atoms with Crippen molar-refractivity contribution in [2.24, 2.45) is 12.8 Å². The van der Waals surface area contributed by atoms with Gasteiger partial charge in [-0.1, -0.05) is 24.6 Å². The number of hydrogen-bond acceptors (Lipinski definition) is 3. The fraction of sp³-hybridized carbons (Fsp3) is 0.438. The molecule has 1 heterocycles. The Morgan fingerprint density at radius 3 is 2.65 bits per heavy atom. The molecular weight excluding hydrogens is 266 g/mol. The van der Waals surface area contributed by atoms with Crippen LogP contribution in [-0.4, -0.2) is 15.8 Å². The van der Waals surface area contributed by atoms with Crippen molar-refractivity contribution in [1.29, 1.82) is 0 Å². The van der Waals surface area contributed by atoms with E-state index in [1.165, 1.54) is 21.6 Å². The highest BCUT2D eigenvalue weighted by Gasteiger charge is 2.22. The molecule has 0 aliphatic carbocycles. The van der Waals surface area contributed by atoms with Crippen molar-refractivity contribution in [1.82, 2.24) is 9.78 Å². The van der Waals surface area contributed by atoms with Crippen molar-refractivity contribution in [2.75, 3.05) is 0 Å². The SMILES string of the molecule is CCC(N)C(Sc1ccc(C)cc1C)c1cnn(C)c1. The topological polar surface area (TPSA) is 43.8 Å². The Hall–Kier alpha value is -1.26. The molecule has 3 nitrogen and oxygen atoms in total. The third kappa shape index (κ3) is 3.44. The van der Waals surface area contributed by atoms with E-state index in [0.29, 0.717) is 0 Å². The second kappa shape index (κ2) is 6.46. The van der Waals surface area contributed by atoms with Crippen LogP contribution >= 0.6 is 11.8 Å². The summed E-state index contributed by atoms with van der Waals surface area (Å²) in [6.07, 6.45) is 4.95. The lowest BCUT2D eigenvalue weighted by Crippen LogP contribution is -2.25. The maximum Gasteiger partial charge on any atom is 0.0533 e. The third-order valence-electron chi connectivity index (χ3n) is 3.50. The first kappa shape index (κ1) is 15.1. The minimum absolute atomic E-state index is 0.130. The molecule has 0 saturated carbocycles. The predicted octanol–water partition coefficient (Wildman–Crippen LogP) is 3.61. The number of hydrogen-bond donors (Lipinski definition) is 1. The van der Waals surface area contributed by atoms with E-state index in [9.17, 15) is 0 Å². The molecule has 0 saturated heterocycles. The molecule has 0 aliphatic heterocycles. The van der Waals surface area contributed by atoms with Gasteiger partial charge in [-0.25, -0.2) is 0 Å². The van der Waals surface area contributed by atoms with Gasteiger partial charge in [0.05, 0.1) is 11.4 Å². The molecule has 0 fully saturated rings. The van der Waals surface area contributed by atoms with E-state index < -0.39 is 0 Å². The van der Waals surface area contributed by atoms with Gasteiger partial charge < -0.3 is 5.73 Å².